The Hall–Kier alpha value is -0.0900. The molecule has 0 saturated heterocycles. The van der Waals surface area contributed by atoms with Gasteiger partial charge in [-0.15, -0.1) is 9.24 Å². The summed E-state index contributed by atoms with van der Waals surface area (Å²) in [7, 11) is 2.72. The van der Waals surface area contributed by atoms with Gasteiger partial charge in [0.05, 0.1) is 0 Å². The standard InChI is InChI=1S/C6H9P/c7-5-6-3-1-2-4-6/h1-3H,4-5,7H2. The van der Waals surface area contributed by atoms with Crippen LogP contribution in [0.3, 0.4) is 0 Å². The Morgan fingerprint density at radius 2 is 2.57 bits per heavy atom. The minimum absolute atomic E-state index is 1.13. The number of hydrogen-bond acceptors (Lipinski definition) is 0. The fraction of sp³-hybridized carbons (Fsp3) is 0.333. The zero-order valence-electron chi connectivity index (χ0n) is 4.22. The molecule has 0 aromatic carbocycles. The Kier molecular flexibility index (Phi) is 1.64. The predicted octanol–water partition coefficient (Wildman–Crippen LogP) is 1.75. The Labute approximate surface area is 46.5 Å². The van der Waals surface area contributed by atoms with Crippen molar-refractivity contribution in [1.82, 2.24) is 0 Å². The maximum Gasteiger partial charge on any atom is -0.0129 e. The van der Waals surface area contributed by atoms with Crippen LogP contribution in [-0.4, -0.2) is 6.16 Å². The number of allylic oxidation sites excluding steroid dienone is 4. The molecule has 0 radical (unpaired) electrons. The van der Waals surface area contributed by atoms with Crippen molar-refractivity contribution in [3.05, 3.63) is 23.8 Å². The van der Waals surface area contributed by atoms with Crippen LogP contribution in [0.5, 0.6) is 0 Å². The molecule has 1 aliphatic rings. The van der Waals surface area contributed by atoms with Crippen LogP contribution >= 0.6 is 9.24 Å². The third-order valence-electron chi connectivity index (χ3n) is 1.11. The third kappa shape index (κ3) is 1.14. The smallest absolute Gasteiger partial charge is 0.0129 e. The first-order valence-electron chi connectivity index (χ1n) is 2.48. The predicted molar refractivity (Wildman–Crippen MR) is 36.4 cm³/mol. The van der Waals surface area contributed by atoms with Crippen molar-refractivity contribution in [3.63, 3.8) is 0 Å². The summed E-state index contributed by atoms with van der Waals surface area (Å²) in [5.74, 6) is 0. The van der Waals surface area contributed by atoms with E-state index in [0.717, 1.165) is 6.16 Å². The Morgan fingerprint density at radius 1 is 1.71 bits per heavy atom. The van der Waals surface area contributed by atoms with Crippen LogP contribution in [-0.2, 0) is 0 Å². The summed E-state index contributed by atoms with van der Waals surface area (Å²) >= 11 is 0. The van der Waals surface area contributed by atoms with Gasteiger partial charge < -0.3 is 0 Å². The van der Waals surface area contributed by atoms with E-state index in [1.165, 1.54) is 12.0 Å². The van der Waals surface area contributed by atoms with E-state index in [9.17, 15) is 0 Å². The molecule has 38 valence electrons. The summed E-state index contributed by atoms with van der Waals surface area (Å²) in [5, 5.41) is 0. The topological polar surface area (TPSA) is 0 Å². The Bertz CT molecular complexity index is 111. The summed E-state index contributed by atoms with van der Waals surface area (Å²) in [4.78, 5) is 0. The van der Waals surface area contributed by atoms with Gasteiger partial charge in [0.1, 0.15) is 0 Å². The van der Waals surface area contributed by atoms with Crippen molar-refractivity contribution in [2.75, 3.05) is 6.16 Å². The maximum absolute atomic E-state index is 2.72. The van der Waals surface area contributed by atoms with Crippen LogP contribution in [0.4, 0.5) is 0 Å². The van der Waals surface area contributed by atoms with E-state index in [2.05, 4.69) is 27.5 Å². The molecule has 0 spiro atoms. The second-order valence-corrected chi connectivity index (χ2v) is 2.07. The largest absolute Gasteiger partial charge is 0.133 e. The van der Waals surface area contributed by atoms with Gasteiger partial charge in [0.15, 0.2) is 0 Å². The molecular formula is C6H9P. The van der Waals surface area contributed by atoms with E-state index < -0.39 is 0 Å². The van der Waals surface area contributed by atoms with Gasteiger partial charge in [0, 0.05) is 0 Å². The molecule has 0 amide bonds. The maximum atomic E-state index is 2.72. The average molecular weight is 112 g/mol. The van der Waals surface area contributed by atoms with E-state index in [0.29, 0.717) is 0 Å². The lowest BCUT2D eigenvalue weighted by atomic mass is 10.3. The third-order valence-corrected chi connectivity index (χ3v) is 1.63. The molecular weight excluding hydrogens is 103 g/mol. The Morgan fingerprint density at radius 3 is 2.86 bits per heavy atom. The van der Waals surface area contributed by atoms with Gasteiger partial charge in [-0.1, -0.05) is 23.8 Å². The molecule has 1 unspecified atom stereocenters. The molecule has 1 heteroatoms. The molecule has 0 nitrogen and oxygen atoms in total. The van der Waals surface area contributed by atoms with Crippen molar-refractivity contribution in [3.8, 4) is 0 Å². The fourth-order valence-electron chi connectivity index (χ4n) is 0.643. The van der Waals surface area contributed by atoms with Gasteiger partial charge >= 0.3 is 0 Å². The van der Waals surface area contributed by atoms with Crippen molar-refractivity contribution in [1.29, 1.82) is 0 Å². The molecule has 0 aromatic rings. The number of hydrogen-bond donors (Lipinski definition) is 0. The molecule has 0 saturated carbocycles. The minimum Gasteiger partial charge on any atom is -0.133 e. The second kappa shape index (κ2) is 2.28. The zero-order valence-corrected chi connectivity index (χ0v) is 5.38. The van der Waals surface area contributed by atoms with Crippen LogP contribution in [0.2, 0.25) is 0 Å². The van der Waals surface area contributed by atoms with Crippen molar-refractivity contribution >= 4 is 9.24 Å². The summed E-state index contributed by atoms with van der Waals surface area (Å²) in [6.07, 6.45) is 8.77. The van der Waals surface area contributed by atoms with Gasteiger partial charge in [0.25, 0.3) is 0 Å². The van der Waals surface area contributed by atoms with Crippen LogP contribution < -0.4 is 0 Å². The highest BCUT2D eigenvalue weighted by molar-refractivity contribution is 7.16. The van der Waals surface area contributed by atoms with E-state index in [1.807, 2.05) is 0 Å². The van der Waals surface area contributed by atoms with E-state index in [-0.39, 0.29) is 0 Å². The van der Waals surface area contributed by atoms with Crippen LogP contribution in [0, 0.1) is 0 Å². The summed E-state index contributed by atoms with van der Waals surface area (Å²) in [5.41, 5.74) is 1.52. The van der Waals surface area contributed by atoms with Gasteiger partial charge in [-0.25, -0.2) is 0 Å². The molecule has 0 aliphatic heterocycles. The molecule has 0 N–H and O–H groups in total. The van der Waals surface area contributed by atoms with E-state index in [1.54, 1.807) is 0 Å². The van der Waals surface area contributed by atoms with Crippen LogP contribution in [0.15, 0.2) is 23.8 Å². The van der Waals surface area contributed by atoms with Crippen molar-refractivity contribution < 1.29 is 0 Å². The van der Waals surface area contributed by atoms with Gasteiger partial charge in [-0.3, -0.25) is 0 Å². The monoisotopic (exact) mass is 112 g/mol. The summed E-state index contributed by atoms with van der Waals surface area (Å²) in [6.45, 7) is 0. The molecule has 1 aliphatic carbocycles. The molecule has 0 bridgehead atoms. The average Bonchev–Trinajstić information content (AvgIpc) is 2.14. The van der Waals surface area contributed by atoms with Gasteiger partial charge in [-0.05, 0) is 12.6 Å². The van der Waals surface area contributed by atoms with Crippen LogP contribution in [0.1, 0.15) is 6.42 Å². The molecule has 1 atom stereocenters. The first-order valence-corrected chi connectivity index (χ1v) is 3.30. The molecule has 0 fully saturated rings. The lowest BCUT2D eigenvalue weighted by Gasteiger charge is -1.88. The van der Waals surface area contributed by atoms with E-state index in [4.69, 9.17) is 0 Å². The highest BCUT2D eigenvalue weighted by atomic mass is 31.0. The molecule has 1 rings (SSSR count). The first kappa shape index (κ1) is 5.05. The molecule has 7 heavy (non-hydrogen) atoms. The SMILES string of the molecule is PCC1=CC=CC1. The quantitative estimate of drug-likeness (QED) is 0.453. The van der Waals surface area contributed by atoms with Crippen LogP contribution in [0.25, 0.3) is 0 Å². The molecule has 0 aromatic heterocycles. The van der Waals surface area contributed by atoms with Crippen molar-refractivity contribution in [2.45, 2.75) is 6.42 Å². The van der Waals surface area contributed by atoms with E-state index >= 15 is 0 Å². The summed E-state index contributed by atoms with van der Waals surface area (Å²) in [6, 6.07) is 0. The van der Waals surface area contributed by atoms with Gasteiger partial charge in [0.2, 0.25) is 0 Å². The summed E-state index contributed by atoms with van der Waals surface area (Å²) < 4.78 is 0. The highest BCUT2D eigenvalue weighted by Crippen LogP contribution is 2.11. The fourth-order valence-corrected chi connectivity index (χ4v) is 0.946. The second-order valence-electron chi connectivity index (χ2n) is 1.66. The lowest BCUT2D eigenvalue weighted by Crippen LogP contribution is -1.73. The van der Waals surface area contributed by atoms with Gasteiger partial charge in [-0.2, -0.15) is 0 Å². The van der Waals surface area contributed by atoms with Crippen molar-refractivity contribution in [2.24, 2.45) is 0 Å². The minimum atomic E-state index is 1.13. The Balaban J connectivity index is 2.45. The lowest BCUT2D eigenvalue weighted by molar-refractivity contribution is 1.27. The normalized spacial score (nSPS) is 17.6. The number of rotatable bonds is 1. The first-order chi connectivity index (χ1) is 3.43. The molecule has 0 heterocycles. The zero-order chi connectivity index (χ0) is 5.11. The highest BCUT2D eigenvalue weighted by Gasteiger charge is 1.92.